The van der Waals surface area contributed by atoms with Crippen molar-refractivity contribution in [1.82, 2.24) is 25.0 Å². The van der Waals surface area contributed by atoms with Crippen molar-refractivity contribution in [2.75, 3.05) is 53.4 Å². The summed E-state index contributed by atoms with van der Waals surface area (Å²) in [6.45, 7) is 5.54. The van der Waals surface area contributed by atoms with Gasteiger partial charge in [-0.2, -0.15) is 0 Å². The predicted octanol–water partition coefficient (Wildman–Crippen LogP) is 2.88. The molecule has 0 bridgehead atoms. The molecule has 3 aromatic rings. The van der Waals surface area contributed by atoms with Gasteiger partial charge < -0.3 is 20.2 Å². The van der Waals surface area contributed by atoms with E-state index < -0.39 is 11.4 Å². The van der Waals surface area contributed by atoms with Crippen LogP contribution < -0.4 is 5.32 Å². The molecule has 2 amide bonds. The topological polar surface area (TPSA) is 106 Å². The van der Waals surface area contributed by atoms with Crippen molar-refractivity contribution in [2.24, 2.45) is 5.41 Å². The molecule has 40 heavy (non-hydrogen) atoms. The number of aliphatic carboxylic acids is 1. The van der Waals surface area contributed by atoms with Crippen LogP contribution in [0.25, 0.3) is 10.2 Å². The van der Waals surface area contributed by atoms with Gasteiger partial charge in [-0.3, -0.25) is 19.3 Å². The highest BCUT2D eigenvalue weighted by molar-refractivity contribution is 7.18. The molecule has 1 aliphatic heterocycles. The molecule has 0 radical (unpaired) electrons. The van der Waals surface area contributed by atoms with Crippen LogP contribution in [0.2, 0.25) is 0 Å². The number of carbonyl (C=O) groups is 3. The van der Waals surface area contributed by atoms with Gasteiger partial charge in [0.05, 0.1) is 28.6 Å². The zero-order valence-corrected chi connectivity index (χ0v) is 24.0. The number of aromatic nitrogens is 1. The minimum absolute atomic E-state index is 0.0223. The number of carboxylic acids is 1. The lowest BCUT2D eigenvalue weighted by molar-refractivity contribution is -0.145. The number of amides is 2. The summed E-state index contributed by atoms with van der Waals surface area (Å²) >= 11 is 1.47. The van der Waals surface area contributed by atoms with Crippen LogP contribution in [0.1, 0.15) is 39.3 Å². The van der Waals surface area contributed by atoms with E-state index in [1.807, 2.05) is 47.4 Å². The normalized spacial score (nSPS) is 16.8. The SMILES string of the molecule is CN(C)CCCN1CCN(C(=O)c2ccc3sc(CNC(=O)C4(CC(=O)O)Cc5ccccc5C4)nc3c2)CC1. The van der Waals surface area contributed by atoms with Gasteiger partial charge in [0.1, 0.15) is 5.01 Å². The summed E-state index contributed by atoms with van der Waals surface area (Å²) in [5.41, 5.74) is 2.42. The number of rotatable bonds is 10. The lowest BCUT2D eigenvalue weighted by Gasteiger charge is -2.35. The van der Waals surface area contributed by atoms with Crippen LogP contribution in [0, 0.1) is 5.41 Å². The molecule has 5 rings (SSSR count). The van der Waals surface area contributed by atoms with Crippen LogP contribution >= 0.6 is 11.3 Å². The highest BCUT2D eigenvalue weighted by Crippen LogP contribution is 2.40. The Bertz CT molecular complexity index is 1370. The van der Waals surface area contributed by atoms with Crippen molar-refractivity contribution in [3.05, 3.63) is 64.2 Å². The molecule has 9 nitrogen and oxygen atoms in total. The number of thiazole rings is 1. The first kappa shape index (κ1) is 28.2. The van der Waals surface area contributed by atoms with Gasteiger partial charge in [0.15, 0.2) is 0 Å². The van der Waals surface area contributed by atoms with Crippen molar-refractivity contribution in [2.45, 2.75) is 32.2 Å². The fourth-order valence-corrected chi connectivity index (χ4v) is 6.73. The van der Waals surface area contributed by atoms with Crippen LogP contribution in [-0.4, -0.2) is 95.9 Å². The average molecular weight is 564 g/mol. The van der Waals surface area contributed by atoms with Gasteiger partial charge >= 0.3 is 5.97 Å². The van der Waals surface area contributed by atoms with Crippen LogP contribution in [0.4, 0.5) is 0 Å². The van der Waals surface area contributed by atoms with Gasteiger partial charge in [-0.05, 0) is 75.8 Å². The minimum atomic E-state index is -0.998. The molecule has 0 unspecified atom stereocenters. The molecular formula is C30H37N5O4S. The highest BCUT2D eigenvalue weighted by atomic mass is 32.1. The summed E-state index contributed by atoms with van der Waals surface area (Å²) in [6, 6.07) is 13.4. The third-order valence-electron chi connectivity index (χ3n) is 7.97. The molecule has 1 aromatic heterocycles. The lowest BCUT2D eigenvalue weighted by Crippen LogP contribution is -2.49. The van der Waals surface area contributed by atoms with Crippen LogP contribution in [0.3, 0.4) is 0 Å². The van der Waals surface area contributed by atoms with Gasteiger partial charge in [0, 0.05) is 31.7 Å². The van der Waals surface area contributed by atoms with Crippen LogP contribution in [0.5, 0.6) is 0 Å². The summed E-state index contributed by atoms with van der Waals surface area (Å²) in [6.07, 6.45) is 1.73. The molecule has 1 aliphatic carbocycles. The number of benzene rings is 2. The van der Waals surface area contributed by atoms with E-state index in [9.17, 15) is 19.5 Å². The minimum Gasteiger partial charge on any atom is -0.481 e. The van der Waals surface area contributed by atoms with E-state index in [-0.39, 0.29) is 24.8 Å². The first-order valence-electron chi connectivity index (χ1n) is 13.9. The molecule has 0 spiro atoms. The number of carboxylic acid groups (broad SMARTS) is 1. The molecule has 1 saturated heterocycles. The van der Waals surface area contributed by atoms with Crippen molar-refractivity contribution in [3.8, 4) is 0 Å². The molecule has 0 atom stereocenters. The number of nitrogens with one attached hydrogen (secondary N) is 1. The maximum atomic E-state index is 13.3. The molecule has 2 aromatic carbocycles. The molecular weight excluding hydrogens is 526 g/mol. The first-order chi connectivity index (χ1) is 19.2. The average Bonchev–Trinajstić information content (AvgIpc) is 3.52. The molecule has 1 fully saturated rings. The largest absolute Gasteiger partial charge is 0.481 e. The molecule has 2 aliphatic rings. The summed E-state index contributed by atoms with van der Waals surface area (Å²) in [7, 11) is 4.17. The van der Waals surface area contributed by atoms with Crippen LogP contribution in [-0.2, 0) is 29.0 Å². The van der Waals surface area contributed by atoms with Gasteiger partial charge in [-0.1, -0.05) is 24.3 Å². The van der Waals surface area contributed by atoms with Crippen molar-refractivity contribution >= 4 is 39.3 Å². The third-order valence-corrected chi connectivity index (χ3v) is 9.00. The fourth-order valence-electron chi connectivity index (χ4n) is 5.84. The van der Waals surface area contributed by atoms with E-state index in [1.165, 1.54) is 11.3 Å². The maximum absolute atomic E-state index is 13.3. The Morgan fingerprint density at radius 3 is 2.40 bits per heavy atom. The van der Waals surface area contributed by atoms with E-state index in [0.717, 1.165) is 72.0 Å². The van der Waals surface area contributed by atoms with Gasteiger partial charge in [0.2, 0.25) is 5.91 Å². The third kappa shape index (κ3) is 6.35. The zero-order valence-electron chi connectivity index (χ0n) is 23.2. The molecule has 10 heteroatoms. The van der Waals surface area contributed by atoms with E-state index in [4.69, 9.17) is 0 Å². The summed E-state index contributed by atoms with van der Waals surface area (Å²) < 4.78 is 0.944. The second-order valence-corrected chi connectivity index (χ2v) is 12.4. The van der Waals surface area contributed by atoms with E-state index in [0.29, 0.717) is 18.4 Å². The van der Waals surface area contributed by atoms with E-state index >= 15 is 0 Å². The molecule has 2 heterocycles. The van der Waals surface area contributed by atoms with Crippen molar-refractivity contribution < 1.29 is 19.5 Å². The monoisotopic (exact) mass is 563 g/mol. The maximum Gasteiger partial charge on any atom is 0.304 e. The van der Waals surface area contributed by atoms with Crippen molar-refractivity contribution in [3.63, 3.8) is 0 Å². The molecule has 2 N–H and O–H groups in total. The van der Waals surface area contributed by atoms with Gasteiger partial charge in [0.25, 0.3) is 5.91 Å². The number of piperazine rings is 1. The Hall–Kier alpha value is -3.34. The smallest absolute Gasteiger partial charge is 0.304 e. The number of nitrogens with zero attached hydrogens (tertiary/aromatic N) is 4. The summed E-state index contributed by atoms with van der Waals surface area (Å²) in [5.74, 6) is -1.22. The quantitative estimate of drug-likeness (QED) is 0.391. The Kier molecular flexibility index (Phi) is 8.48. The summed E-state index contributed by atoms with van der Waals surface area (Å²) in [4.78, 5) is 49.4. The fraction of sp³-hybridized carbons (Fsp3) is 0.467. The van der Waals surface area contributed by atoms with Crippen LogP contribution in [0.15, 0.2) is 42.5 Å². The predicted molar refractivity (Wildman–Crippen MR) is 156 cm³/mol. The molecule has 212 valence electrons. The number of fused-ring (bicyclic) bond motifs is 2. The van der Waals surface area contributed by atoms with Gasteiger partial charge in [-0.25, -0.2) is 4.98 Å². The Morgan fingerprint density at radius 2 is 1.75 bits per heavy atom. The Labute approximate surface area is 238 Å². The Balaban J connectivity index is 1.19. The Morgan fingerprint density at radius 1 is 1.05 bits per heavy atom. The standard InChI is InChI=1S/C30H37N5O4S/c1-33(2)10-5-11-34-12-14-35(15-13-34)28(38)21-8-9-25-24(16-21)32-26(40-25)20-31-29(39)30(19-27(36)37)17-22-6-3-4-7-23(22)18-30/h3-4,6-9,16H,5,10-15,17-20H2,1-2H3,(H,31,39)(H,36,37). The number of carbonyl (C=O) groups excluding carboxylic acids is 2. The first-order valence-corrected chi connectivity index (χ1v) is 14.7. The number of hydrogen-bond donors (Lipinski definition) is 2. The highest BCUT2D eigenvalue weighted by Gasteiger charge is 2.45. The molecule has 0 saturated carbocycles. The lowest BCUT2D eigenvalue weighted by atomic mass is 9.80. The number of hydrogen-bond acceptors (Lipinski definition) is 7. The van der Waals surface area contributed by atoms with Crippen molar-refractivity contribution in [1.29, 1.82) is 0 Å². The van der Waals surface area contributed by atoms with E-state index in [2.05, 4.69) is 34.2 Å². The van der Waals surface area contributed by atoms with E-state index in [1.54, 1.807) is 0 Å². The second-order valence-electron chi connectivity index (χ2n) is 11.2. The van der Waals surface area contributed by atoms with Gasteiger partial charge in [-0.15, -0.1) is 11.3 Å². The summed E-state index contributed by atoms with van der Waals surface area (Å²) in [5, 5.41) is 13.2. The zero-order chi connectivity index (χ0) is 28.3. The second kappa shape index (κ2) is 12.0.